The lowest BCUT2D eigenvalue weighted by atomic mass is 9.99. The summed E-state index contributed by atoms with van der Waals surface area (Å²) in [5.41, 5.74) is 2.35. The largest absolute Gasteiger partial charge is 0.380 e. The van der Waals surface area contributed by atoms with Gasteiger partial charge in [-0.25, -0.2) is 4.79 Å². The number of rotatable bonds is 9. The molecule has 0 saturated heterocycles. The van der Waals surface area contributed by atoms with Gasteiger partial charge in [0.1, 0.15) is 0 Å². The molecule has 1 aromatic heterocycles. The molecule has 0 spiro atoms. The third-order valence-corrected chi connectivity index (χ3v) is 5.51. The molecule has 0 aliphatic heterocycles. The average molecular weight is 473 g/mol. The number of hydrogen-bond donors (Lipinski definition) is 0. The third-order valence-electron chi connectivity index (χ3n) is 5.51. The molecule has 0 saturated carbocycles. The molecule has 4 aromatic rings. The average Bonchev–Trinajstić information content (AvgIpc) is 3.17. The highest BCUT2D eigenvalue weighted by atomic mass is 16.7. The number of hydrogen-bond acceptors (Lipinski definition) is 7. The second-order valence-corrected chi connectivity index (χ2v) is 7.76. The van der Waals surface area contributed by atoms with Crippen molar-refractivity contribution in [2.24, 2.45) is 5.16 Å². The molecule has 9 heteroatoms. The van der Waals surface area contributed by atoms with Gasteiger partial charge in [0.15, 0.2) is 5.71 Å². The van der Waals surface area contributed by atoms with Gasteiger partial charge in [-0.2, -0.15) is 0 Å². The van der Waals surface area contributed by atoms with E-state index in [4.69, 9.17) is 9.57 Å². The first-order valence-corrected chi connectivity index (χ1v) is 11.0. The molecule has 0 atom stereocenters. The molecule has 0 N–H and O–H groups in total. The zero-order chi connectivity index (χ0) is 24.9. The molecule has 0 unspecified atom stereocenters. The summed E-state index contributed by atoms with van der Waals surface area (Å²) in [6.07, 6.45) is 0. The standard InChI is InChI=1S/C26H23N3O6/c1-3-34-14-13-28-23-11-9-19(15-21(23)22-16-20(29(32)33)10-12-24(22)28)26(31)25(27-35-17(2)30)18-7-5-4-6-8-18/h4-12,15-16H,3,13-14H2,1-2H3/b27-25+. The van der Waals surface area contributed by atoms with Crippen LogP contribution >= 0.6 is 0 Å². The van der Waals surface area contributed by atoms with Crippen LogP contribution in [0.5, 0.6) is 0 Å². The number of ether oxygens (including phenoxy) is 1. The quantitative estimate of drug-likeness (QED) is 0.0854. The molecule has 0 aliphatic rings. The Bertz CT molecular complexity index is 1460. The van der Waals surface area contributed by atoms with Crippen LogP contribution in [0.2, 0.25) is 0 Å². The van der Waals surface area contributed by atoms with E-state index in [9.17, 15) is 19.7 Å². The Morgan fingerprint density at radius 2 is 1.66 bits per heavy atom. The van der Waals surface area contributed by atoms with E-state index in [0.29, 0.717) is 41.7 Å². The number of non-ortho nitro benzene ring substituents is 1. The molecule has 0 radical (unpaired) electrons. The lowest BCUT2D eigenvalue weighted by molar-refractivity contribution is -0.384. The van der Waals surface area contributed by atoms with Gasteiger partial charge in [0, 0.05) is 65.1 Å². The molecular formula is C26H23N3O6. The van der Waals surface area contributed by atoms with Crippen molar-refractivity contribution in [2.45, 2.75) is 20.4 Å². The van der Waals surface area contributed by atoms with E-state index in [1.165, 1.54) is 19.1 Å². The van der Waals surface area contributed by atoms with Crippen molar-refractivity contribution in [1.29, 1.82) is 0 Å². The summed E-state index contributed by atoms with van der Waals surface area (Å²) in [6, 6.07) is 18.5. The number of aromatic nitrogens is 1. The molecule has 3 aromatic carbocycles. The molecule has 9 nitrogen and oxygen atoms in total. The molecule has 1 heterocycles. The van der Waals surface area contributed by atoms with Crippen molar-refractivity contribution in [1.82, 2.24) is 4.57 Å². The number of nitro benzene ring substituents is 1. The molecule has 0 bridgehead atoms. The Morgan fingerprint density at radius 3 is 2.31 bits per heavy atom. The van der Waals surface area contributed by atoms with E-state index < -0.39 is 16.7 Å². The van der Waals surface area contributed by atoms with Gasteiger partial charge in [0.05, 0.1) is 11.5 Å². The topological polar surface area (TPSA) is 113 Å². The fourth-order valence-corrected chi connectivity index (χ4v) is 3.96. The van der Waals surface area contributed by atoms with Gasteiger partial charge in [0.25, 0.3) is 5.69 Å². The fraction of sp³-hybridized carbons (Fsp3) is 0.192. The highest BCUT2D eigenvalue weighted by Crippen LogP contribution is 2.33. The smallest absolute Gasteiger partial charge is 0.332 e. The number of ketones is 1. The lowest BCUT2D eigenvalue weighted by Crippen LogP contribution is -2.17. The van der Waals surface area contributed by atoms with Gasteiger partial charge >= 0.3 is 5.97 Å². The van der Waals surface area contributed by atoms with E-state index in [1.807, 2.05) is 11.5 Å². The van der Waals surface area contributed by atoms with Crippen molar-refractivity contribution in [3.8, 4) is 0 Å². The molecular weight excluding hydrogens is 450 g/mol. The van der Waals surface area contributed by atoms with Gasteiger partial charge in [-0.05, 0) is 31.2 Å². The van der Waals surface area contributed by atoms with Crippen LogP contribution in [0.3, 0.4) is 0 Å². The maximum absolute atomic E-state index is 13.5. The van der Waals surface area contributed by atoms with E-state index in [-0.39, 0.29) is 11.4 Å². The predicted octanol–water partition coefficient (Wildman–Crippen LogP) is 4.89. The first-order chi connectivity index (χ1) is 16.9. The minimum atomic E-state index is -0.647. The van der Waals surface area contributed by atoms with Crippen molar-refractivity contribution in [2.75, 3.05) is 13.2 Å². The van der Waals surface area contributed by atoms with E-state index in [1.54, 1.807) is 54.6 Å². The Balaban J connectivity index is 1.86. The summed E-state index contributed by atoms with van der Waals surface area (Å²) in [5.74, 6) is -1.09. The van der Waals surface area contributed by atoms with Crippen LogP contribution in [0.25, 0.3) is 21.8 Å². The highest BCUT2D eigenvalue weighted by molar-refractivity contribution is 6.51. The van der Waals surface area contributed by atoms with Crippen LogP contribution in [-0.2, 0) is 20.9 Å². The van der Waals surface area contributed by atoms with Gasteiger partial charge in [-0.1, -0.05) is 35.5 Å². The van der Waals surface area contributed by atoms with Crippen LogP contribution in [0.1, 0.15) is 29.8 Å². The number of oxime groups is 1. The van der Waals surface area contributed by atoms with Crippen molar-refractivity contribution < 1.29 is 24.1 Å². The number of nitrogens with zero attached hydrogens (tertiary/aromatic N) is 3. The van der Waals surface area contributed by atoms with Gasteiger partial charge in [-0.3, -0.25) is 14.9 Å². The molecule has 4 rings (SSSR count). The monoisotopic (exact) mass is 473 g/mol. The molecule has 178 valence electrons. The summed E-state index contributed by atoms with van der Waals surface area (Å²) < 4.78 is 7.53. The number of nitro groups is 1. The highest BCUT2D eigenvalue weighted by Gasteiger charge is 2.21. The Morgan fingerprint density at radius 1 is 0.971 bits per heavy atom. The van der Waals surface area contributed by atoms with E-state index >= 15 is 0 Å². The Kier molecular flexibility index (Phi) is 6.98. The SMILES string of the molecule is CCOCCn1c2ccc(C(=O)/C(=N/OC(C)=O)c3ccccc3)cc2c2cc([N+](=O)[O-])ccc21. The van der Waals surface area contributed by atoms with E-state index in [2.05, 4.69) is 5.16 Å². The third kappa shape index (κ3) is 4.95. The Labute approximate surface area is 200 Å². The second kappa shape index (κ2) is 10.3. The summed E-state index contributed by atoms with van der Waals surface area (Å²) in [7, 11) is 0. The van der Waals surface area contributed by atoms with Gasteiger partial charge in [-0.15, -0.1) is 0 Å². The fourth-order valence-electron chi connectivity index (χ4n) is 3.96. The minimum Gasteiger partial charge on any atom is -0.380 e. The number of Topliss-reactive ketones (excluding diaryl/α,β-unsaturated/α-hetero) is 1. The zero-order valence-corrected chi connectivity index (χ0v) is 19.3. The van der Waals surface area contributed by atoms with Gasteiger partial charge < -0.3 is 14.1 Å². The molecule has 0 amide bonds. The van der Waals surface area contributed by atoms with Crippen LogP contribution in [0.15, 0.2) is 71.9 Å². The number of fused-ring (bicyclic) bond motifs is 3. The van der Waals surface area contributed by atoms with E-state index in [0.717, 1.165) is 11.0 Å². The summed E-state index contributed by atoms with van der Waals surface area (Å²) in [4.78, 5) is 40.6. The zero-order valence-electron chi connectivity index (χ0n) is 19.3. The van der Waals surface area contributed by atoms with Crippen molar-refractivity contribution in [3.63, 3.8) is 0 Å². The van der Waals surface area contributed by atoms with Gasteiger partial charge in [0.2, 0.25) is 5.78 Å². The predicted molar refractivity (Wildman–Crippen MR) is 132 cm³/mol. The van der Waals surface area contributed by atoms with Crippen molar-refractivity contribution >= 4 is 45.0 Å². The number of carbonyl (C=O) groups excluding carboxylic acids is 2. The molecule has 0 aliphatic carbocycles. The first-order valence-electron chi connectivity index (χ1n) is 11.0. The molecule has 0 fully saturated rings. The van der Waals surface area contributed by atoms with Crippen LogP contribution < -0.4 is 0 Å². The Hall–Kier alpha value is -4.37. The van der Waals surface area contributed by atoms with Crippen LogP contribution in [-0.4, -0.2) is 40.2 Å². The lowest BCUT2D eigenvalue weighted by Gasteiger charge is -2.08. The maximum Gasteiger partial charge on any atom is 0.332 e. The molecule has 35 heavy (non-hydrogen) atoms. The summed E-state index contributed by atoms with van der Waals surface area (Å²) in [6.45, 7) is 4.70. The van der Waals surface area contributed by atoms with Crippen LogP contribution in [0, 0.1) is 10.1 Å². The number of benzene rings is 3. The normalized spacial score (nSPS) is 11.7. The summed E-state index contributed by atoms with van der Waals surface area (Å²) >= 11 is 0. The van der Waals surface area contributed by atoms with Crippen LogP contribution in [0.4, 0.5) is 5.69 Å². The number of carbonyl (C=O) groups is 2. The first kappa shape index (κ1) is 23.8. The maximum atomic E-state index is 13.5. The summed E-state index contributed by atoms with van der Waals surface area (Å²) in [5, 5.41) is 16.6. The van der Waals surface area contributed by atoms with Crippen molar-refractivity contribution in [3.05, 3.63) is 88.0 Å². The second-order valence-electron chi connectivity index (χ2n) is 7.76. The minimum absolute atomic E-state index is 0.0220.